The third-order valence-electron chi connectivity index (χ3n) is 5.01. The summed E-state index contributed by atoms with van der Waals surface area (Å²) in [7, 11) is 0. The van der Waals surface area contributed by atoms with E-state index in [2.05, 4.69) is 31.0 Å². The molecule has 0 aromatic rings. The number of piperidine rings is 1. The highest BCUT2D eigenvalue weighted by atomic mass is 16.5. The first kappa shape index (κ1) is 16.3. The van der Waals surface area contributed by atoms with E-state index in [1.165, 1.54) is 58.3 Å². The molecule has 0 aromatic heterocycles. The Kier molecular flexibility index (Phi) is 6.79. The van der Waals surface area contributed by atoms with Crippen molar-refractivity contribution in [3.05, 3.63) is 0 Å². The van der Waals surface area contributed by atoms with Crippen molar-refractivity contribution in [1.82, 2.24) is 10.2 Å². The summed E-state index contributed by atoms with van der Waals surface area (Å²) < 4.78 is 5.95. The van der Waals surface area contributed by atoms with Crippen molar-refractivity contribution in [2.75, 3.05) is 32.8 Å². The van der Waals surface area contributed by atoms with Crippen molar-refractivity contribution in [1.29, 1.82) is 0 Å². The van der Waals surface area contributed by atoms with Crippen LogP contribution in [-0.4, -0.2) is 49.8 Å². The maximum Gasteiger partial charge on any atom is 0.0612 e. The van der Waals surface area contributed by atoms with E-state index in [-0.39, 0.29) is 0 Å². The van der Waals surface area contributed by atoms with Gasteiger partial charge in [-0.15, -0.1) is 0 Å². The molecular formula is C17H34N2O. The molecule has 1 N–H and O–H groups in total. The fourth-order valence-electron chi connectivity index (χ4n) is 3.71. The molecule has 2 heterocycles. The molecule has 2 aliphatic rings. The number of nitrogens with zero attached hydrogens (tertiary/aromatic N) is 1. The molecule has 2 fully saturated rings. The van der Waals surface area contributed by atoms with Gasteiger partial charge >= 0.3 is 0 Å². The average molecular weight is 282 g/mol. The van der Waals surface area contributed by atoms with Crippen molar-refractivity contribution < 1.29 is 4.74 Å². The molecule has 0 saturated carbocycles. The molecule has 2 saturated heterocycles. The molecule has 0 bridgehead atoms. The van der Waals surface area contributed by atoms with Crippen LogP contribution in [0.25, 0.3) is 0 Å². The van der Waals surface area contributed by atoms with Crippen molar-refractivity contribution in [3.63, 3.8) is 0 Å². The van der Waals surface area contributed by atoms with Crippen LogP contribution in [0.1, 0.15) is 52.9 Å². The van der Waals surface area contributed by atoms with Gasteiger partial charge in [0.25, 0.3) is 0 Å². The van der Waals surface area contributed by atoms with Crippen LogP contribution in [0.3, 0.4) is 0 Å². The number of ether oxygens (including phenoxy) is 1. The monoisotopic (exact) mass is 282 g/mol. The van der Waals surface area contributed by atoms with Gasteiger partial charge < -0.3 is 10.1 Å². The predicted molar refractivity (Wildman–Crippen MR) is 85.1 cm³/mol. The minimum atomic E-state index is 0.473. The Hall–Kier alpha value is -0.120. The van der Waals surface area contributed by atoms with Crippen LogP contribution in [-0.2, 0) is 4.74 Å². The van der Waals surface area contributed by atoms with Crippen molar-refractivity contribution in [2.24, 2.45) is 11.8 Å². The summed E-state index contributed by atoms with van der Waals surface area (Å²) in [5, 5.41) is 3.48. The third-order valence-corrected chi connectivity index (χ3v) is 5.01. The van der Waals surface area contributed by atoms with Crippen molar-refractivity contribution in [3.8, 4) is 0 Å². The Morgan fingerprint density at radius 2 is 1.95 bits per heavy atom. The van der Waals surface area contributed by atoms with E-state index in [0.717, 1.165) is 18.6 Å². The lowest BCUT2D eigenvalue weighted by Crippen LogP contribution is -2.47. The second-order valence-corrected chi connectivity index (χ2v) is 7.02. The molecule has 0 amide bonds. The van der Waals surface area contributed by atoms with E-state index in [9.17, 15) is 0 Å². The molecule has 0 radical (unpaired) electrons. The summed E-state index contributed by atoms with van der Waals surface area (Å²) in [5.41, 5.74) is 0. The van der Waals surface area contributed by atoms with Crippen molar-refractivity contribution in [2.45, 2.75) is 65.0 Å². The number of hydrogen-bond donors (Lipinski definition) is 1. The second-order valence-electron chi connectivity index (χ2n) is 7.02. The molecule has 3 nitrogen and oxygen atoms in total. The maximum atomic E-state index is 5.95. The van der Waals surface area contributed by atoms with E-state index in [0.29, 0.717) is 12.0 Å². The number of rotatable bonds is 6. The quantitative estimate of drug-likeness (QED) is 0.811. The SMILES string of the molecule is CCCN(CC1CCNCC1)C1CCOC(C(C)C)C1. The largest absolute Gasteiger partial charge is 0.378 e. The molecule has 2 atom stereocenters. The van der Waals surface area contributed by atoms with E-state index in [1.54, 1.807) is 0 Å². The lowest BCUT2D eigenvalue weighted by atomic mass is 9.92. The molecule has 20 heavy (non-hydrogen) atoms. The Balaban J connectivity index is 1.88. The summed E-state index contributed by atoms with van der Waals surface area (Å²) in [6.07, 6.45) is 6.93. The highest BCUT2D eigenvalue weighted by molar-refractivity contribution is 4.83. The summed E-state index contributed by atoms with van der Waals surface area (Å²) in [4.78, 5) is 2.79. The van der Waals surface area contributed by atoms with Gasteiger partial charge in [0.1, 0.15) is 0 Å². The zero-order valence-electron chi connectivity index (χ0n) is 13.7. The first-order valence-corrected chi connectivity index (χ1v) is 8.77. The van der Waals surface area contributed by atoms with Gasteiger partial charge in [0, 0.05) is 19.2 Å². The fraction of sp³-hybridized carbons (Fsp3) is 1.00. The van der Waals surface area contributed by atoms with Gasteiger partial charge in [0.2, 0.25) is 0 Å². The summed E-state index contributed by atoms with van der Waals surface area (Å²) in [5.74, 6) is 1.56. The van der Waals surface area contributed by atoms with Gasteiger partial charge in [-0.2, -0.15) is 0 Å². The van der Waals surface area contributed by atoms with Gasteiger partial charge in [0.05, 0.1) is 6.10 Å². The first-order valence-electron chi connectivity index (χ1n) is 8.77. The first-order chi connectivity index (χ1) is 9.70. The van der Waals surface area contributed by atoms with Gasteiger partial charge in [0.15, 0.2) is 0 Å². The maximum absolute atomic E-state index is 5.95. The molecule has 0 spiro atoms. The van der Waals surface area contributed by atoms with E-state index in [1.807, 2.05) is 0 Å². The lowest BCUT2D eigenvalue weighted by molar-refractivity contribution is -0.0512. The summed E-state index contributed by atoms with van der Waals surface area (Å²) >= 11 is 0. The molecular weight excluding hydrogens is 248 g/mol. The van der Waals surface area contributed by atoms with E-state index >= 15 is 0 Å². The van der Waals surface area contributed by atoms with Crippen molar-refractivity contribution >= 4 is 0 Å². The third kappa shape index (κ3) is 4.71. The van der Waals surface area contributed by atoms with Crippen LogP contribution >= 0.6 is 0 Å². The zero-order chi connectivity index (χ0) is 14.4. The van der Waals surface area contributed by atoms with E-state index < -0.39 is 0 Å². The molecule has 118 valence electrons. The highest BCUT2D eigenvalue weighted by Gasteiger charge is 2.30. The smallest absolute Gasteiger partial charge is 0.0612 e. The molecule has 0 aromatic carbocycles. The molecule has 3 heteroatoms. The molecule has 2 unspecified atom stereocenters. The average Bonchev–Trinajstić information content (AvgIpc) is 2.48. The zero-order valence-corrected chi connectivity index (χ0v) is 13.7. The number of nitrogens with one attached hydrogen (secondary N) is 1. The predicted octanol–water partition coefficient (Wildman–Crippen LogP) is 2.90. The van der Waals surface area contributed by atoms with Gasteiger partial charge in [-0.1, -0.05) is 20.8 Å². The number of hydrogen-bond acceptors (Lipinski definition) is 3. The van der Waals surface area contributed by atoms with Gasteiger partial charge in [-0.25, -0.2) is 0 Å². The Labute approximate surface area is 125 Å². The van der Waals surface area contributed by atoms with Crippen LogP contribution in [0.15, 0.2) is 0 Å². The van der Waals surface area contributed by atoms with Gasteiger partial charge in [-0.05, 0) is 63.6 Å². The van der Waals surface area contributed by atoms with Crippen LogP contribution in [0.2, 0.25) is 0 Å². The Morgan fingerprint density at radius 1 is 1.20 bits per heavy atom. The molecule has 2 aliphatic heterocycles. The highest BCUT2D eigenvalue weighted by Crippen LogP contribution is 2.26. The Bertz CT molecular complexity index is 264. The van der Waals surface area contributed by atoms with Crippen LogP contribution in [0, 0.1) is 11.8 Å². The summed E-state index contributed by atoms with van der Waals surface area (Å²) in [6.45, 7) is 12.9. The van der Waals surface area contributed by atoms with Crippen LogP contribution in [0.4, 0.5) is 0 Å². The van der Waals surface area contributed by atoms with E-state index in [4.69, 9.17) is 4.74 Å². The minimum Gasteiger partial charge on any atom is -0.378 e. The Morgan fingerprint density at radius 3 is 2.60 bits per heavy atom. The minimum absolute atomic E-state index is 0.473. The van der Waals surface area contributed by atoms with Crippen LogP contribution in [0.5, 0.6) is 0 Å². The molecule has 2 rings (SSSR count). The summed E-state index contributed by atoms with van der Waals surface area (Å²) in [6, 6.07) is 0.756. The normalized spacial score (nSPS) is 29.2. The molecule has 0 aliphatic carbocycles. The standard InChI is InChI=1S/C17H34N2O/c1-4-10-19(13-15-5-8-18-9-6-15)16-7-11-20-17(12-16)14(2)3/h14-18H,4-13H2,1-3H3. The van der Waals surface area contributed by atoms with Crippen LogP contribution < -0.4 is 5.32 Å². The lowest BCUT2D eigenvalue weighted by Gasteiger charge is -2.40. The topological polar surface area (TPSA) is 24.5 Å². The van der Waals surface area contributed by atoms with Gasteiger partial charge in [-0.3, -0.25) is 4.90 Å². The second kappa shape index (κ2) is 8.35. The fourth-order valence-corrected chi connectivity index (χ4v) is 3.71.